The molecule has 0 unspecified atom stereocenters. The summed E-state index contributed by atoms with van der Waals surface area (Å²) in [4.78, 5) is 34.6. The summed E-state index contributed by atoms with van der Waals surface area (Å²) in [5.41, 5.74) is -1.24. The van der Waals surface area contributed by atoms with E-state index in [1.165, 1.54) is 6.92 Å². The quantitative estimate of drug-likeness (QED) is 0.641. The lowest BCUT2D eigenvalue weighted by atomic mass is 9.96. The number of hydrogen-bond donors (Lipinski definition) is 2. The average Bonchev–Trinajstić information content (AvgIpc) is 2.25. The molecule has 1 aromatic heterocycles. The lowest BCUT2D eigenvalue weighted by Crippen LogP contribution is -2.06. The fraction of sp³-hybridized carbons (Fsp3) is 0.214. The molecule has 2 N–H and O–H groups in total. The van der Waals surface area contributed by atoms with E-state index in [0.29, 0.717) is 5.56 Å². The second kappa shape index (κ2) is 4.48. The number of phenolic OH excluding ortho intramolecular Hbond substituents is 2. The highest BCUT2D eigenvalue weighted by molar-refractivity contribution is 6.15. The van der Waals surface area contributed by atoms with Crippen LogP contribution in [0.1, 0.15) is 40.1 Å². The molecule has 0 bridgehead atoms. The SMILES string of the molecule is CC(=O)c1c(O)c(C(C)=O)c2oc(=O)cc(C)c2c1O. The molecule has 104 valence electrons. The van der Waals surface area contributed by atoms with Gasteiger partial charge in [-0.1, -0.05) is 0 Å². The lowest BCUT2D eigenvalue weighted by Gasteiger charge is -2.12. The number of phenols is 2. The van der Waals surface area contributed by atoms with Gasteiger partial charge in [0, 0.05) is 6.07 Å². The van der Waals surface area contributed by atoms with Gasteiger partial charge in [0.1, 0.15) is 22.6 Å². The van der Waals surface area contributed by atoms with Gasteiger partial charge in [-0.15, -0.1) is 0 Å². The fourth-order valence-corrected chi connectivity index (χ4v) is 2.21. The van der Waals surface area contributed by atoms with Crippen LogP contribution in [0, 0.1) is 6.92 Å². The Morgan fingerprint density at radius 2 is 1.60 bits per heavy atom. The first-order chi connectivity index (χ1) is 9.25. The minimum absolute atomic E-state index is 0.0674. The molecule has 0 aliphatic heterocycles. The molecule has 0 saturated carbocycles. The van der Waals surface area contributed by atoms with Crippen LogP contribution in [0.15, 0.2) is 15.3 Å². The van der Waals surface area contributed by atoms with Crippen LogP contribution in [-0.2, 0) is 0 Å². The number of fused-ring (bicyclic) bond motifs is 1. The molecule has 6 heteroatoms. The van der Waals surface area contributed by atoms with Gasteiger partial charge >= 0.3 is 5.63 Å². The Morgan fingerprint density at radius 1 is 1.05 bits per heavy atom. The van der Waals surface area contributed by atoms with Crippen molar-refractivity contribution in [2.75, 3.05) is 0 Å². The van der Waals surface area contributed by atoms with Gasteiger partial charge < -0.3 is 14.6 Å². The molecular weight excluding hydrogens is 264 g/mol. The molecule has 2 aromatic rings. The third-order valence-electron chi connectivity index (χ3n) is 3.04. The fourth-order valence-electron chi connectivity index (χ4n) is 2.21. The average molecular weight is 276 g/mol. The van der Waals surface area contributed by atoms with Crippen molar-refractivity contribution in [3.8, 4) is 11.5 Å². The highest BCUT2D eigenvalue weighted by Gasteiger charge is 2.26. The zero-order chi connectivity index (χ0) is 15.2. The van der Waals surface area contributed by atoms with Crippen LogP contribution in [0.5, 0.6) is 11.5 Å². The molecule has 20 heavy (non-hydrogen) atoms. The topological polar surface area (TPSA) is 105 Å². The van der Waals surface area contributed by atoms with Gasteiger partial charge in [0.2, 0.25) is 0 Å². The van der Waals surface area contributed by atoms with Crippen molar-refractivity contribution >= 4 is 22.5 Å². The summed E-state index contributed by atoms with van der Waals surface area (Å²) >= 11 is 0. The largest absolute Gasteiger partial charge is 0.506 e. The van der Waals surface area contributed by atoms with E-state index >= 15 is 0 Å². The molecule has 0 spiro atoms. The van der Waals surface area contributed by atoms with Crippen LogP contribution < -0.4 is 5.63 Å². The van der Waals surface area contributed by atoms with Crippen LogP contribution in [0.2, 0.25) is 0 Å². The molecule has 0 aliphatic carbocycles. The Bertz CT molecular complexity index is 813. The van der Waals surface area contributed by atoms with Crippen LogP contribution in [0.3, 0.4) is 0 Å². The summed E-state index contributed by atoms with van der Waals surface area (Å²) in [5, 5.41) is 20.2. The van der Waals surface area contributed by atoms with E-state index in [2.05, 4.69) is 0 Å². The molecule has 0 saturated heterocycles. The molecule has 1 aromatic carbocycles. The first-order valence-electron chi connectivity index (χ1n) is 5.80. The second-order valence-electron chi connectivity index (χ2n) is 4.51. The van der Waals surface area contributed by atoms with Gasteiger partial charge in [0.15, 0.2) is 17.1 Å². The first kappa shape index (κ1) is 13.8. The van der Waals surface area contributed by atoms with E-state index in [-0.39, 0.29) is 22.1 Å². The Morgan fingerprint density at radius 3 is 2.10 bits per heavy atom. The van der Waals surface area contributed by atoms with Gasteiger partial charge in [0.25, 0.3) is 0 Å². The number of carbonyl (C=O) groups excluding carboxylic acids is 2. The molecule has 0 atom stereocenters. The Balaban J connectivity index is 3.20. The number of aromatic hydroxyl groups is 2. The van der Waals surface area contributed by atoms with Crippen molar-refractivity contribution in [2.24, 2.45) is 0 Å². The molecule has 0 radical (unpaired) electrons. The van der Waals surface area contributed by atoms with Crippen molar-refractivity contribution in [1.29, 1.82) is 0 Å². The summed E-state index contributed by atoms with van der Waals surface area (Å²) in [5.74, 6) is -2.36. The van der Waals surface area contributed by atoms with Crippen LogP contribution in [-0.4, -0.2) is 21.8 Å². The second-order valence-corrected chi connectivity index (χ2v) is 4.51. The lowest BCUT2D eigenvalue weighted by molar-refractivity contribution is 0.101. The van der Waals surface area contributed by atoms with Crippen molar-refractivity contribution < 1.29 is 24.2 Å². The molecule has 1 heterocycles. The van der Waals surface area contributed by atoms with Crippen LogP contribution in [0.25, 0.3) is 11.0 Å². The van der Waals surface area contributed by atoms with Gasteiger partial charge in [-0.2, -0.15) is 0 Å². The molecular formula is C14H12O6. The third-order valence-corrected chi connectivity index (χ3v) is 3.04. The van der Waals surface area contributed by atoms with E-state index in [1.54, 1.807) is 0 Å². The summed E-state index contributed by atoms with van der Waals surface area (Å²) in [6.45, 7) is 3.85. The van der Waals surface area contributed by atoms with Crippen molar-refractivity contribution in [1.82, 2.24) is 0 Å². The van der Waals surface area contributed by atoms with Gasteiger partial charge in [-0.05, 0) is 26.3 Å². The Labute approximate surface area is 113 Å². The normalized spacial score (nSPS) is 10.8. The Kier molecular flexibility index (Phi) is 3.09. The van der Waals surface area contributed by atoms with Gasteiger partial charge in [-0.3, -0.25) is 9.59 Å². The molecule has 6 nitrogen and oxygen atoms in total. The molecule has 0 fully saturated rings. The molecule has 0 amide bonds. The highest BCUT2D eigenvalue weighted by atomic mass is 16.4. The number of Topliss-reactive ketones (excluding diaryl/α,β-unsaturated/α-hetero) is 2. The monoisotopic (exact) mass is 276 g/mol. The minimum Gasteiger partial charge on any atom is -0.506 e. The van der Waals surface area contributed by atoms with E-state index < -0.39 is 28.7 Å². The van der Waals surface area contributed by atoms with Crippen LogP contribution >= 0.6 is 0 Å². The zero-order valence-corrected chi connectivity index (χ0v) is 11.1. The predicted molar refractivity (Wildman–Crippen MR) is 70.6 cm³/mol. The zero-order valence-electron chi connectivity index (χ0n) is 11.1. The van der Waals surface area contributed by atoms with Crippen molar-refractivity contribution in [3.05, 3.63) is 33.2 Å². The highest BCUT2D eigenvalue weighted by Crippen LogP contribution is 2.40. The molecule has 2 rings (SSSR count). The van der Waals surface area contributed by atoms with Crippen molar-refractivity contribution in [2.45, 2.75) is 20.8 Å². The maximum atomic E-state index is 11.7. The van der Waals surface area contributed by atoms with E-state index in [0.717, 1.165) is 19.9 Å². The number of ketones is 2. The first-order valence-corrected chi connectivity index (χ1v) is 5.80. The third kappa shape index (κ3) is 1.85. The van der Waals surface area contributed by atoms with E-state index in [4.69, 9.17) is 4.42 Å². The number of rotatable bonds is 2. The number of aryl methyl sites for hydroxylation is 1. The standard InChI is InChI=1S/C14H12O6/c1-5-4-8(17)20-14-9(5)12(18)10(6(2)15)13(19)11(14)7(3)16/h4,18-19H,1-3H3. The maximum absolute atomic E-state index is 11.7. The number of benzene rings is 1. The number of carbonyl (C=O) groups is 2. The Hall–Kier alpha value is -2.63. The summed E-state index contributed by atoms with van der Waals surface area (Å²) < 4.78 is 4.92. The summed E-state index contributed by atoms with van der Waals surface area (Å²) in [6, 6.07) is 1.13. The summed E-state index contributed by atoms with van der Waals surface area (Å²) in [6.07, 6.45) is 0. The van der Waals surface area contributed by atoms with Crippen molar-refractivity contribution in [3.63, 3.8) is 0 Å². The minimum atomic E-state index is -0.716. The summed E-state index contributed by atoms with van der Waals surface area (Å²) in [7, 11) is 0. The smallest absolute Gasteiger partial charge is 0.336 e. The van der Waals surface area contributed by atoms with Crippen LogP contribution in [0.4, 0.5) is 0 Å². The molecule has 0 aliphatic rings. The maximum Gasteiger partial charge on any atom is 0.336 e. The van der Waals surface area contributed by atoms with Gasteiger partial charge in [0.05, 0.1) is 5.39 Å². The van der Waals surface area contributed by atoms with E-state index in [9.17, 15) is 24.6 Å². The number of hydrogen-bond acceptors (Lipinski definition) is 6. The predicted octanol–water partition coefficient (Wildman–Crippen LogP) is 1.92. The van der Waals surface area contributed by atoms with E-state index in [1.807, 2.05) is 0 Å². The van der Waals surface area contributed by atoms with Gasteiger partial charge in [-0.25, -0.2) is 4.79 Å².